The van der Waals surface area contributed by atoms with Crippen LogP contribution in [0, 0.1) is 0 Å². The van der Waals surface area contributed by atoms with Gasteiger partial charge in [-0.3, -0.25) is 9.78 Å². The van der Waals surface area contributed by atoms with E-state index in [1.54, 1.807) is 0 Å². The molecule has 1 aromatic heterocycles. The number of carbonyl (C=O) groups excluding carboxylic acids is 1. The molecule has 0 fully saturated rings. The second-order valence-electron chi connectivity index (χ2n) is 3.30. The van der Waals surface area contributed by atoms with E-state index in [4.69, 9.17) is 5.11 Å². The molecule has 0 atom stereocenters. The zero-order valence-electron chi connectivity index (χ0n) is 8.21. The third-order valence-electron chi connectivity index (χ3n) is 2.09. The van der Waals surface area contributed by atoms with Crippen molar-refractivity contribution in [3.8, 4) is 11.8 Å². The maximum Gasteiger partial charge on any atom is 0.202 e. The van der Waals surface area contributed by atoms with E-state index in [1.165, 1.54) is 6.07 Å². The van der Waals surface area contributed by atoms with Crippen molar-refractivity contribution in [1.82, 2.24) is 4.98 Å². The molecule has 0 aliphatic heterocycles. The number of rotatable bonds is 5. The van der Waals surface area contributed by atoms with Crippen LogP contribution in [-0.4, -0.2) is 21.0 Å². The first-order valence-corrected chi connectivity index (χ1v) is 4.79. The van der Waals surface area contributed by atoms with Crippen LogP contribution in [0.25, 0.3) is 0 Å². The predicted octanol–water partition coefficient (Wildman–Crippen LogP) is 2.19. The van der Waals surface area contributed by atoms with Gasteiger partial charge in [-0.05, 0) is 6.42 Å². The second-order valence-corrected chi connectivity index (χ2v) is 3.30. The zero-order valence-corrected chi connectivity index (χ0v) is 8.21. The third kappa shape index (κ3) is 2.52. The Hall–Kier alpha value is -1.45. The van der Waals surface area contributed by atoms with Crippen molar-refractivity contribution < 1.29 is 15.0 Å². The van der Waals surface area contributed by atoms with E-state index in [0.717, 1.165) is 19.3 Å². The summed E-state index contributed by atoms with van der Waals surface area (Å²) in [5.74, 6) is -0.558. The lowest BCUT2D eigenvalue weighted by atomic mass is 10.1. The number of H-pyrrole nitrogens is 1. The molecular formula is C10H15NO3. The molecule has 0 radical (unpaired) electrons. The predicted molar refractivity (Wildman–Crippen MR) is 52.6 cm³/mol. The van der Waals surface area contributed by atoms with Crippen LogP contribution >= 0.6 is 0 Å². The number of hydrogen-bond acceptors (Lipinski definition) is 3. The van der Waals surface area contributed by atoms with Gasteiger partial charge in [0.15, 0.2) is 11.7 Å². The van der Waals surface area contributed by atoms with E-state index < -0.39 is 0 Å². The molecular weight excluding hydrogens is 182 g/mol. The van der Waals surface area contributed by atoms with E-state index in [0.29, 0.717) is 6.42 Å². The van der Waals surface area contributed by atoms with Gasteiger partial charge in [0.2, 0.25) is 5.88 Å². The number of unbranched alkanes of at least 4 members (excludes halogenated alkanes) is 2. The van der Waals surface area contributed by atoms with Crippen LogP contribution in [0.2, 0.25) is 0 Å². The molecule has 0 aliphatic rings. The Morgan fingerprint density at radius 2 is 2.14 bits per heavy atom. The quantitative estimate of drug-likeness (QED) is 0.500. The highest BCUT2D eigenvalue weighted by Gasteiger charge is 2.13. The lowest BCUT2D eigenvalue weighted by Gasteiger charge is -1.97. The largest absolute Gasteiger partial charge is 0.494 e. The number of Topliss-reactive ketones (excluding diaryl/α,β-unsaturated/α-hetero) is 1. The van der Waals surface area contributed by atoms with E-state index in [-0.39, 0.29) is 23.1 Å². The van der Waals surface area contributed by atoms with E-state index in [1.807, 2.05) is 0 Å². The summed E-state index contributed by atoms with van der Waals surface area (Å²) in [7, 11) is 0. The van der Waals surface area contributed by atoms with Crippen molar-refractivity contribution in [3.63, 3.8) is 0 Å². The lowest BCUT2D eigenvalue weighted by molar-refractivity contribution is 0.0976. The molecule has 1 heterocycles. The van der Waals surface area contributed by atoms with Crippen LogP contribution in [0.5, 0.6) is 11.8 Å². The molecule has 4 heteroatoms. The maximum atomic E-state index is 11.5. The van der Waals surface area contributed by atoms with Gasteiger partial charge in [-0.2, -0.15) is 0 Å². The molecule has 0 amide bonds. The van der Waals surface area contributed by atoms with Crippen LogP contribution in [0.3, 0.4) is 0 Å². The minimum atomic E-state index is -0.246. The summed E-state index contributed by atoms with van der Waals surface area (Å²) in [6.07, 6.45) is 3.29. The Bertz CT molecular complexity index is 317. The summed E-state index contributed by atoms with van der Waals surface area (Å²) in [4.78, 5) is 13.7. The smallest absolute Gasteiger partial charge is 0.202 e. The third-order valence-corrected chi connectivity index (χ3v) is 2.09. The van der Waals surface area contributed by atoms with Crippen LogP contribution in [-0.2, 0) is 0 Å². The summed E-state index contributed by atoms with van der Waals surface area (Å²) in [6, 6.07) is 1.25. The summed E-state index contributed by atoms with van der Waals surface area (Å²) in [5.41, 5.74) is 0.179. The first-order chi connectivity index (χ1) is 6.65. The zero-order chi connectivity index (χ0) is 10.6. The van der Waals surface area contributed by atoms with Gasteiger partial charge >= 0.3 is 0 Å². The molecule has 0 aromatic carbocycles. The fourth-order valence-corrected chi connectivity index (χ4v) is 1.31. The van der Waals surface area contributed by atoms with Gasteiger partial charge in [-0.1, -0.05) is 19.8 Å². The molecule has 1 aromatic rings. The van der Waals surface area contributed by atoms with E-state index in [9.17, 15) is 9.90 Å². The number of aromatic hydroxyl groups is 2. The van der Waals surface area contributed by atoms with Gasteiger partial charge in [-0.25, -0.2) is 0 Å². The highest BCUT2D eigenvalue weighted by Crippen LogP contribution is 2.23. The van der Waals surface area contributed by atoms with E-state index >= 15 is 0 Å². The number of ketones is 1. The molecule has 1 rings (SSSR count). The highest BCUT2D eigenvalue weighted by atomic mass is 16.3. The van der Waals surface area contributed by atoms with Gasteiger partial charge in [0.25, 0.3) is 0 Å². The Morgan fingerprint density at radius 1 is 1.43 bits per heavy atom. The molecule has 3 N–H and O–H groups in total. The first-order valence-electron chi connectivity index (χ1n) is 4.79. The van der Waals surface area contributed by atoms with Gasteiger partial charge < -0.3 is 10.2 Å². The summed E-state index contributed by atoms with van der Waals surface area (Å²) >= 11 is 0. The van der Waals surface area contributed by atoms with Crippen LogP contribution in [0.1, 0.15) is 43.0 Å². The highest BCUT2D eigenvalue weighted by molar-refractivity contribution is 5.98. The summed E-state index contributed by atoms with van der Waals surface area (Å²) in [5, 5.41) is 18.2. The van der Waals surface area contributed by atoms with Crippen LogP contribution in [0.15, 0.2) is 6.07 Å². The van der Waals surface area contributed by atoms with Crippen molar-refractivity contribution in [2.24, 2.45) is 0 Å². The van der Waals surface area contributed by atoms with Crippen molar-refractivity contribution >= 4 is 5.78 Å². The summed E-state index contributed by atoms with van der Waals surface area (Å²) in [6.45, 7) is 2.06. The first kappa shape index (κ1) is 10.6. The molecule has 0 spiro atoms. The molecule has 0 saturated carbocycles. The lowest BCUT2D eigenvalue weighted by Crippen LogP contribution is -1.97. The Labute approximate surface area is 82.6 Å². The monoisotopic (exact) mass is 197 g/mol. The van der Waals surface area contributed by atoms with Crippen LogP contribution < -0.4 is 0 Å². The fraction of sp³-hybridized carbons (Fsp3) is 0.500. The van der Waals surface area contributed by atoms with Gasteiger partial charge in [0.1, 0.15) is 0 Å². The van der Waals surface area contributed by atoms with Gasteiger partial charge in [-0.15, -0.1) is 0 Å². The van der Waals surface area contributed by atoms with Crippen LogP contribution in [0.4, 0.5) is 0 Å². The Morgan fingerprint density at radius 3 is 2.64 bits per heavy atom. The topological polar surface area (TPSA) is 73.3 Å². The molecule has 78 valence electrons. The SMILES string of the molecule is CCCCCC(=O)c1cc(O)[nH]c1O. The molecule has 0 bridgehead atoms. The van der Waals surface area contributed by atoms with Crippen molar-refractivity contribution in [1.29, 1.82) is 0 Å². The van der Waals surface area contributed by atoms with Crippen molar-refractivity contribution in [2.45, 2.75) is 32.6 Å². The Kier molecular flexibility index (Phi) is 3.56. The summed E-state index contributed by atoms with van der Waals surface area (Å²) < 4.78 is 0. The maximum absolute atomic E-state index is 11.5. The average molecular weight is 197 g/mol. The van der Waals surface area contributed by atoms with Crippen molar-refractivity contribution in [2.75, 3.05) is 0 Å². The second kappa shape index (κ2) is 4.69. The standard InChI is InChI=1S/C10H15NO3/c1-2-3-4-5-8(12)7-6-9(13)11-10(7)14/h6,11,13-14H,2-5H2,1H3. The normalized spacial score (nSPS) is 10.4. The van der Waals surface area contributed by atoms with Crippen molar-refractivity contribution in [3.05, 3.63) is 11.6 Å². The number of aromatic amines is 1. The number of carbonyl (C=O) groups is 1. The molecule has 0 saturated heterocycles. The Balaban J connectivity index is 2.56. The minimum Gasteiger partial charge on any atom is -0.494 e. The molecule has 14 heavy (non-hydrogen) atoms. The fourth-order valence-electron chi connectivity index (χ4n) is 1.31. The molecule has 0 unspecified atom stereocenters. The number of hydrogen-bond donors (Lipinski definition) is 3. The molecule has 4 nitrogen and oxygen atoms in total. The minimum absolute atomic E-state index is 0.132. The number of nitrogens with one attached hydrogen (secondary N) is 1. The van der Waals surface area contributed by atoms with Gasteiger partial charge in [0, 0.05) is 12.5 Å². The van der Waals surface area contributed by atoms with E-state index in [2.05, 4.69) is 11.9 Å². The van der Waals surface area contributed by atoms with Gasteiger partial charge in [0.05, 0.1) is 5.56 Å². The molecule has 0 aliphatic carbocycles. The average Bonchev–Trinajstić information content (AvgIpc) is 2.45. The number of aromatic nitrogens is 1.